The van der Waals surface area contributed by atoms with Gasteiger partial charge in [0.15, 0.2) is 5.13 Å². The maximum atomic E-state index is 12.2. The average Bonchev–Trinajstić information content (AvgIpc) is 2.63. The van der Waals surface area contributed by atoms with Crippen molar-refractivity contribution < 1.29 is 17.9 Å². The van der Waals surface area contributed by atoms with Crippen LogP contribution in [0, 0.1) is 0 Å². The highest BCUT2D eigenvalue weighted by Gasteiger charge is 2.30. The van der Waals surface area contributed by atoms with Gasteiger partial charge < -0.3 is 10.5 Å². The van der Waals surface area contributed by atoms with Gasteiger partial charge in [-0.3, -0.25) is 0 Å². The number of hydrogen-bond acceptors (Lipinski definition) is 5. The number of thiazole rings is 1. The van der Waals surface area contributed by atoms with Gasteiger partial charge in [-0.15, -0.1) is 0 Å². The molecule has 0 saturated heterocycles. The third-order valence-corrected chi connectivity index (χ3v) is 2.48. The van der Waals surface area contributed by atoms with E-state index < -0.39 is 11.7 Å². The van der Waals surface area contributed by atoms with Gasteiger partial charge in [-0.05, 0) is 6.07 Å². The van der Waals surface area contributed by atoms with E-state index in [1.807, 2.05) is 0 Å². The van der Waals surface area contributed by atoms with E-state index in [2.05, 4.69) is 9.97 Å². The fourth-order valence-corrected chi connectivity index (χ4v) is 1.57. The molecule has 4 nitrogen and oxygen atoms in total. The molecule has 0 atom stereocenters. The highest BCUT2D eigenvalue weighted by atomic mass is 32.1. The molecule has 0 amide bonds. The van der Waals surface area contributed by atoms with Crippen LogP contribution in [0.2, 0.25) is 0 Å². The van der Waals surface area contributed by atoms with Gasteiger partial charge in [0, 0.05) is 12.3 Å². The molecule has 2 N–H and O–H groups in total. The lowest BCUT2D eigenvalue weighted by atomic mass is 10.3. The summed E-state index contributed by atoms with van der Waals surface area (Å²) in [7, 11) is 0. The van der Waals surface area contributed by atoms with E-state index in [0.717, 1.165) is 23.5 Å². The number of alkyl halides is 3. The van der Waals surface area contributed by atoms with Crippen LogP contribution in [0.4, 0.5) is 18.3 Å². The molecular weight excluding hydrogens is 255 g/mol. The topological polar surface area (TPSA) is 61.0 Å². The summed E-state index contributed by atoms with van der Waals surface area (Å²) in [6.07, 6.45) is -2.32. The van der Waals surface area contributed by atoms with Gasteiger partial charge in [-0.1, -0.05) is 11.3 Å². The minimum atomic E-state index is -4.40. The Kier molecular flexibility index (Phi) is 2.88. The van der Waals surface area contributed by atoms with Crippen LogP contribution in [0.5, 0.6) is 10.9 Å². The maximum absolute atomic E-state index is 12.2. The number of hydrogen-bond donors (Lipinski definition) is 1. The molecule has 17 heavy (non-hydrogen) atoms. The molecule has 0 bridgehead atoms. The summed E-state index contributed by atoms with van der Waals surface area (Å²) < 4.78 is 41.9. The zero-order valence-corrected chi connectivity index (χ0v) is 9.05. The van der Waals surface area contributed by atoms with Crippen molar-refractivity contribution in [2.24, 2.45) is 0 Å². The summed E-state index contributed by atoms with van der Waals surface area (Å²) in [6, 6.07) is 2.03. The van der Waals surface area contributed by atoms with Crippen molar-refractivity contribution in [3.8, 4) is 10.9 Å². The Morgan fingerprint density at radius 3 is 2.41 bits per heavy atom. The standard InChI is InChI=1S/C9H6F3N3OS/c10-9(11,12)5-1-2-6(14-3-5)16-7-4-15-8(13)17-7/h1-4H,(H2,13,15). The van der Waals surface area contributed by atoms with Crippen LogP contribution >= 0.6 is 11.3 Å². The molecular formula is C9H6F3N3OS. The molecule has 2 aromatic heterocycles. The predicted octanol–water partition coefficient (Wildman–Crippen LogP) is 2.93. The quantitative estimate of drug-likeness (QED) is 0.902. The summed E-state index contributed by atoms with van der Waals surface area (Å²) in [5.74, 6) is 0.0571. The van der Waals surface area contributed by atoms with Gasteiger partial charge in [-0.25, -0.2) is 9.97 Å². The molecule has 0 aliphatic carbocycles. The third kappa shape index (κ3) is 2.84. The summed E-state index contributed by atoms with van der Waals surface area (Å²) in [6.45, 7) is 0. The molecule has 0 unspecified atom stereocenters. The van der Waals surface area contributed by atoms with Crippen LogP contribution < -0.4 is 10.5 Å². The summed E-state index contributed by atoms with van der Waals surface area (Å²) in [4.78, 5) is 7.28. The highest BCUT2D eigenvalue weighted by Crippen LogP contribution is 2.31. The van der Waals surface area contributed by atoms with Crippen molar-refractivity contribution in [3.63, 3.8) is 0 Å². The molecule has 0 radical (unpaired) electrons. The minimum Gasteiger partial charge on any atom is -0.427 e. The SMILES string of the molecule is Nc1ncc(Oc2ccc(C(F)(F)F)cn2)s1. The first-order valence-electron chi connectivity index (χ1n) is 4.37. The monoisotopic (exact) mass is 261 g/mol. The highest BCUT2D eigenvalue weighted by molar-refractivity contribution is 7.17. The van der Waals surface area contributed by atoms with Crippen molar-refractivity contribution in [1.29, 1.82) is 0 Å². The van der Waals surface area contributed by atoms with E-state index in [0.29, 0.717) is 16.4 Å². The lowest BCUT2D eigenvalue weighted by Gasteiger charge is -2.06. The smallest absolute Gasteiger partial charge is 0.417 e. The number of pyridine rings is 1. The Balaban J connectivity index is 2.13. The van der Waals surface area contributed by atoms with Crippen molar-refractivity contribution >= 4 is 16.5 Å². The number of ether oxygens (including phenoxy) is 1. The van der Waals surface area contributed by atoms with Gasteiger partial charge in [0.2, 0.25) is 10.9 Å². The first-order chi connectivity index (χ1) is 7.95. The van der Waals surface area contributed by atoms with Gasteiger partial charge in [0.05, 0.1) is 11.8 Å². The van der Waals surface area contributed by atoms with Gasteiger partial charge in [0.1, 0.15) is 0 Å². The first kappa shape index (κ1) is 11.6. The molecule has 0 saturated carbocycles. The largest absolute Gasteiger partial charge is 0.427 e. The Bertz CT molecular complexity index is 509. The molecule has 0 aliphatic heterocycles. The molecule has 8 heteroatoms. The summed E-state index contributed by atoms with van der Waals surface area (Å²) in [5, 5.41) is 0.682. The Labute approximate surface area is 97.9 Å². The molecule has 2 rings (SSSR count). The number of halogens is 3. The van der Waals surface area contributed by atoms with Crippen LogP contribution in [0.3, 0.4) is 0 Å². The van der Waals surface area contributed by atoms with Crippen LogP contribution in [0.1, 0.15) is 5.56 Å². The number of anilines is 1. The van der Waals surface area contributed by atoms with Gasteiger partial charge >= 0.3 is 6.18 Å². The van der Waals surface area contributed by atoms with Gasteiger partial charge in [0.25, 0.3) is 0 Å². The fourth-order valence-electron chi connectivity index (χ4n) is 1.03. The second kappa shape index (κ2) is 4.21. The number of nitrogen functional groups attached to an aromatic ring is 1. The first-order valence-corrected chi connectivity index (χ1v) is 5.19. The Morgan fingerprint density at radius 2 is 1.94 bits per heavy atom. The average molecular weight is 261 g/mol. The zero-order valence-electron chi connectivity index (χ0n) is 8.23. The van der Waals surface area contributed by atoms with Crippen LogP contribution in [0.25, 0.3) is 0 Å². The number of rotatable bonds is 2. The van der Waals surface area contributed by atoms with E-state index >= 15 is 0 Å². The van der Waals surface area contributed by atoms with E-state index in [4.69, 9.17) is 10.5 Å². The summed E-state index contributed by atoms with van der Waals surface area (Å²) >= 11 is 1.07. The third-order valence-electron chi connectivity index (χ3n) is 1.77. The zero-order chi connectivity index (χ0) is 12.5. The van der Waals surface area contributed by atoms with Crippen molar-refractivity contribution in [1.82, 2.24) is 9.97 Å². The second-order valence-corrected chi connectivity index (χ2v) is 4.03. The lowest BCUT2D eigenvalue weighted by Crippen LogP contribution is -2.05. The van der Waals surface area contributed by atoms with Crippen LogP contribution in [-0.2, 0) is 6.18 Å². The Hall–Kier alpha value is -1.83. The molecule has 0 aromatic carbocycles. The number of nitrogens with two attached hydrogens (primary N) is 1. The van der Waals surface area contributed by atoms with Gasteiger partial charge in [-0.2, -0.15) is 13.2 Å². The van der Waals surface area contributed by atoms with Crippen molar-refractivity contribution in [3.05, 3.63) is 30.1 Å². The maximum Gasteiger partial charge on any atom is 0.417 e. The van der Waals surface area contributed by atoms with E-state index in [-0.39, 0.29) is 5.88 Å². The molecule has 90 valence electrons. The Morgan fingerprint density at radius 1 is 1.18 bits per heavy atom. The molecule has 2 aromatic rings. The number of aromatic nitrogens is 2. The van der Waals surface area contributed by atoms with E-state index in [9.17, 15) is 13.2 Å². The molecule has 2 heterocycles. The van der Waals surface area contributed by atoms with E-state index in [1.54, 1.807) is 0 Å². The van der Waals surface area contributed by atoms with Crippen molar-refractivity contribution in [2.45, 2.75) is 6.18 Å². The van der Waals surface area contributed by atoms with Crippen LogP contribution in [-0.4, -0.2) is 9.97 Å². The lowest BCUT2D eigenvalue weighted by molar-refractivity contribution is -0.137. The summed E-state index contributed by atoms with van der Waals surface area (Å²) in [5.41, 5.74) is 4.55. The van der Waals surface area contributed by atoms with Crippen molar-refractivity contribution in [2.75, 3.05) is 5.73 Å². The molecule has 0 spiro atoms. The normalized spacial score (nSPS) is 11.5. The minimum absolute atomic E-state index is 0.0571. The number of nitrogens with zero attached hydrogens (tertiary/aromatic N) is 2. The molecule has 0 aliphatic rings. The van der Waals surface area contributed by atoms with E-state index in [1.165, 1.54) is 6.20 Å². The van der Waals surface area contributed by atoms with Crippen LogP contribution in [0.15, 0.2) is 24.5 Å². The fraction of sp³-hybridized carbons (Fsp3) is 0.111. The molecule has 0 fully saturated rings. The predicted molar refractivity (Wildman–Crippen MR) is 55.8 cm³/mol. The second-order valence-electron chi connectivity index (χ2n) is 3.00.